The lowest BCUT2D eigenvalue weighted by Crippen LogP contribution is -2.59. The molecule has 2 aliphatic carbocycles. The summed E-state index contributed by atoms with van der Waals surface area (Å²) in [4.78, 5) is 59.6. The summed E-state index contributed by atoms with van der Waals surface area (Å²) in [6, 6.07) is 1.62. The molecule has 1 aromatic carbocycles. The van der Waals surface area contributed by atoms with Gasteiger partial charge in [0.15, 0.2) is 16.3 Å². The molecule has 4 aliphatic rings. The van der Waals surface area contributed by atoms with Crippen molar-refractivity contribution < 1.29 is 55.3 Å². The van der Waals surface area contributed by atoms with Crippen LogP contribution in [0.2, 0.25) is 0 Å². The molecule has 4 N–H and O–H groups in total. The van der Waals surface area contributed by atoms with Gasteiger partial charge in [0.05, 0.1) is 13.7 Å². The van der Waals surface area contributed by atoms with E-state index in [0.717, 1.165) is 4.90 Å². The summed E-state index contributed by atoms with van der Waals surface area (Å²) in [7, 11) is -3.52. The Hall–Kier alpha value is -4.61. The number of fused-ring (bicyclic) bond motifs is 3. The van der Waals surface area contributed by atoms with Crippen LogP contribution in [0.5, 0.6) is 11.6 Å². The lowest BCUT2D eigenvalue weighted by molar-refractivity contribution is -0.142. The number of nitrogens with zero attached hydrogens (tertiary/aromatic N) is 2. The molecule has 14 nitrogen and oxygen atoms in total. The second kappa shape index (κ2) is 14.3. The Kier molecular flexibility index (Phi) is 10.3. The summed E-state index contributed by atoms with van der Waals surface area (Å²) < 4.78 is 79.1. The van der Waals surface area contributed by atoms with Gasteiger partial charge in [-0.3, -0.25) is 19.1 Å². The van der Waals surface area contributed by atoms with E-state index in [-0.39, 0.29) is 55.2 Å². The number of aromatic nitrogens is 1. The molecule has 18 heteroatoms. The summed E-state index contributed by atoms with van der Waals surface area (Å²) in [5.41, 5.74) is -1.84. The second-order valence-electron chi connectivity index (χ2n) is 14.6. The molecule has 3 fully saturated rings. The molecule has 0 spiro atoms. The van der Waals surface area contributed by atoms with E-state index in [2.05, 4.69) is 15.6 Å². The third-order valence-electron chi connectivity index (χ3n) is 10.9. The van der Waals surface area contributed by atoms with E-state index in [0.29, 0.717) is 24.6 Å². The average molecular weight is 766 g/mol. The first-order valence-electron chi connectivity index (χ1n) is 17.4. The molecule has 288 valence electrons. The van der Waals surface area contributed by atoms with Crippen molar-refractivity contribution in [3.63, 3.8) is 0 Å². The average Bonchev–Trinajstić information content (AvgIpc) is 4.00. The maximum Gasteiger partial charge on any atom is 0.405 e. The van der Waals surface area contributed by atoms with Crippen molar-refractivity contribution in [2.24, 2.45) is 17.8 Å². The van der Waals surface area contributed by atoms with Gasteiger partial charge in [-0.25, -0.2) is 31.4 Å². The number of methoxy groups -OCH3 is 1. The number of nitrogens with one attached hydrogen (secondary N) is 3. The summed E-state index contributed by atoms with van der Waals surface area (Å²) in [6.45, 7) is 3.44. The Morgan fingerprint density at radius 2 is 1.91 bits per heavy atom. The molecule has 4 amide bonds. The number of pyridine rings is 1. The number of alkyl halides is 2. The molecule has 2 saturated carbocycles. The number of benzene rings is 1. The van der Waals surface area contributed by atoms with Crippen LogP contribution in [0.25, 0.3) is 10.8 Å². The lowest BCUT2D eigenvalue weighted by atomic mass is 9.88. The normalized spacial score (nSPS) is 30.6. The molecule has 6 rings (SSSR count). The largest absolute Gasteiger partial charge is 0.494 e. The van der Waals surface area contributed by atoms with Crippen LogP contribution in [0, 0.1) is 23.6 Å². The number of rotatable bonds is 8. The molecule has 0 radical (unpaired) electrons. The van der Waals surface area contributed by atoms with Crippen molar-refractivity contribution in [1.82, 2.24) is 25.2 Å². The smallest absolute Gasteiger partial charge is 0.405 e. The van der Waals surface area contributed by atoms with Gasteiger partial charge >= 0.3 is 6.09 Å². The Morgan fingerprint density at radius 1 is 1.17 bits per heavy atom. The first kappa shape index (κ1) is 38.1. The minimum atomic E-state index is -4.83. The van der Waals surface area contributed by atoms with Crippen molar-refractivity contribution in [3.05, 3.63) is 42.4 Å². The highest BCUT2D eigenvalue weighted by Crippen LogP contribution is 2.50. The van der Waals surface area contributed by atoms with Crippen LogP contribution in [0.1, 0.15) is 58.8 Å². The summed E-state index contributed by atoms with van der Waals surface area (Å²) in [6.07, 6.45) is 0.0133. The second-order valence-corrected chi connectivity index (χ2v) is 16.7. The van der Waals surface area contributed by atoms with Gasteiger partial charge in [0.2, 0.25) is 27.7 Å². The van der Waals surface area contributed by atoms with Crippen LogP contribution in [0.4, 0.5) is 18.0 Å². The van der Waals surface area contributed by atoms with Crippen LogP contribution in [0.3, 0.4) is 0 Å². The van der Waals surface area contributed by atoms with Gasteiger partial charge in [0.25, 0.3) is 12.3 Å². The number of amides is 4. The number of halogens is 3. The number of carboxylic acid groups (broad SMARTS) is 1. The molecular weight excluding hydrogens is 723 g/mol. The highest BCUT2D eigenvalue weighted by atomic mass is 32.2. The van der Waals surface area contributed by atoms with Crippen LogP contribution in [-0.2, 0) is 24.4 Å². The van der Waals surface area contributed by atoms with Gasteiger partial charge in [-0.15, -0.1) is 0 Å². The van der Waals surface area contributed by atoms with Gasteiger partial charge in [0.1, 0.15) is 23.7 Å². The maximum atomic E-state index is 14.8. The molecular formula is C35H42F3N5O9S. The van der Waals surface area contributed by atoms with E-state index in [1.54, 1.807) is 25.1 Å². The molecule has 0 unspecified atom stereocenters. The van der Waals surface area contributed by atoms with Crippen molar-refractivity contribution in [1.29, 1.82) is 0 Å². The molecule has 2 aromatic rings. The van der Waals surface area contributed by atoms with Crippen molar-refractivity contribution >= 4 is 44.6 Å². The predicted octanol–water partition coefficient (Wildman–Crippen LogP) is 3.50. The van der Waals surface area contributed by atoms with E-state index in [4.69, 9.17) is 9.47 Å². The first-order chi connectivity index (χ1) is 25.0. The van der Waals surface area contributed by atoms with Gasteiger partial charge in [0, 0.05) is 23.9 Å². The molecule has 2 aliphatic heterocycles. The third-order valence-corrected chi connectivity index (χ3v) is 13.0. The molecule has 1 aromatic heterocycles. The van der Waals surface area contributed by atoms with Crippen LogP contribution >= 0.6 is 0 Å². The number of carbonyl (C=O) groups is 4. The monoisotopic (exact) mass is 765 g/mol. The summed E-state index contributed by atoms with van der Waals surface area (Å²) >= 11 is 0. The van der Waals surface area contributed by atoms with Gasteiger partial charge in [-0.1, -0.05) is 26.0 Å². The van der Waals surface area contributed by atoms with E-state index in [9.17, 15) is 45.9 Å². The van der Waals surface area contributed by atoms with Crippen molar-refractivity contribution in [2.75, 3.05) is 13.7 Å². The zero-order valence-electron chi connectivity index (χ0n) is 29.3. The molecule has 7 atom stereocenters. The Morgan fingerprint density at radius 3 is 2.57 bits per heavy atom. The summed E-state index contributed by atoms with van der Waals surface area (Å²) in [5, 5.41) is 15.5. The fourth-order valence-corrected chi connectivity index (χ4v) is 9.05. The maximum absolute atomic E-state index is 14.8. The zero-order chi connectivity index (χ0) is 38.5. The molecule has 53 heavy (non-hydrogen) atoms. The molecule has 0 bridgehead atoms. The first-order valence-corrected chi connectivity index (χ1v) is 18.9. The SMILES string of the molecule is COc1cc2ccnc(O[C@@H]3C[C@H]4C(=O)N[C@]5(C(=O)NS(=O)(=O)C6(C(F)F)CC6)C[C@H]5/C=C\CC[C@@H](C)C[C@@H](C)[C@H](NC(=O)O)C(=O)N4C3)c2cc1F. The van der Waals surface area contributed by atoms with E-state index in [1.165, 1.54) is 25.4 Å². The Bertz CT molecular complexity index is 1940. The number of ether oxygens (including phenoxy) is 2. The van der Waals surface area contributed by atoms with Gasteiger partial charge < -0.3 is 30.1 Å². The minimum absolute atomic E-state index is 0.00598. The Balaban J connectivity index is 1.34. The van der Waals surface area contributed by atoms with Gasteiger partial charge in [-0.05, 0) is 73.9 Å². The number of hydrogen-bond acceptors (Lipinski definition) is 9. The quantitative estimate of drug-likeness (QED) is 0.289. The van der Waals surface area contributed by atoms with E-state index < -0.39 is 86.4 Å². The standard InChI is InChI=1S/C35H42F3N5O9S/c1-18-6-4-5-7-21-16-35(21,32(46)42-53(49,50)34(9-10-34)31(37)38)41-28(44)25-14-22(17-43(25)30(45)27(19(2)12-18)40-33(47)48)52-29-23-15-24(36)26(51-3)13-20(23)8-11-39-29/h5,7-8,11,13,15,18-19,21-22,25,27,31,40H,4,6,9-10,12,14,16-17H2,1-3H3,(H,41,44)(H,42,46)(H,47,48)/b7-5-/t18-,19-,21-,22-,25+,27+,35-/m1/s1. The highest BCUT2D eigenvalue weighted by molar-refractivity contribution is 7.91. The van der Waals surface area contributed by atoms with E-state index >= 15 is 0 Å². The van der Waals surface area contributed by atoms with Crippen LogP contribution in [0.15, 0.2) is 36.5 Å². The lowest BCUT2D eigenvalue weighted by Gasteiger charge is -2.32. The highest BCUT2D eigenvalue weighted by Gasteiger charge is 2.66. The zero-order valence-corrected chi connectivity index (χ0v) is 30.1. The van der Waals surface area contributed by atoms with Crippen LogP contribution < -0.4 is 24.8 Å². The number of hydrogen-bond donors (Lipinski definition) is 4. The van der Waals surface area contributed by atoms with Crippen molar-refractivity contribution in [2.45, 2.75) is 93.7 Å². The number of allylic oxidation sites excluding steroid dienone is 1. The summed E-state index contributed by atoms with van der Waals surface area (Å²) in [5.74, 6) is -4.64. The minimum Gasteiger partial charge on any atom is -0.494 e. The predicted molar refractivity (Wildman–Crippen MR) is 183 cm³/mol. The number of sulfonamides is 1. The van der Waals surface area contributed by atoms with Gasteiger partial charge in [-0.2, -0.15) is 0 Å². The third kappa shape index (κ3) is 7.33. The Labute approximate surface area is 303 Å². The fraction of sp³-hybridized carbons (Fsp3) is 0.571. The van der Waals surface area contributed by atoms with E-state index in [1.807, 2.05) is 11.6 Å². The van der Waals surface area contributed by atoms with Crippen molar-refractivity contribution in [3.8, 4) is 11.6 Å². The number of carbonyl (C=O) groups excluding carboxylic acids is 3. The van der Waals surface area contributed by atoms with Crippen LogP contribution in [-0.4, -0.2) is 95.8 Å². The molecule has 1 saturated heterocycles. The topological polar surface area (TPSA) is 193 Å². The molecule has 3 heterocycles. The fourth-order valence-electron chi connectivity index (χ4n) is 7.55.